The topological polar surface area (TPSA) is 46.0 Å². The first kappa shape index (κ1) is 9.10. The van der Waals surface area contributed by atoms with Crippen molar-refractivity contribution in [3.8, 4) is 10.8 Å². The van der Waals surface area contributed by atoms with Gasteiger partial charge in [-0.1, -0.05) is 18.1 Å². The van der Waals surface area contributed by atoms with E-state index in [1.54, 1.807) is 6.07 Å². The van der Waals surface area contributed by atoms with Crippen LogP contribution in [0.3, 0.4) is 0 Å². The maximum atomic E-state index is 10.9. The molecule has 1 aromatic heterocycles. The maximum absolute atomic E-state index is 10.9. The van der Waals surface area contributed by atoms with E-state index in [1.807, 2.05) is 12.1 Å². The highest BCUT2D eigenvalue weighted by Crippen LogP contribution is 2.14. The summed E-state index contributed by atoms with van der Waals surface area (Å²) in [5.74, 6) is 2.44. The van der Waals surface area contributed by atoms with Crippen LogP contribution in [0.4, 0.5) is 0 Å². The SMILES string of the molecule is O=c1[nH]c2c(CC#CBr)cccc2o1. The third-order valence-corrected chi connectivity index (χ3v) is 2.17. The number of hydrogen-bond acceptors (Lipinski definition) is 2. The molecule has 0 radical (unpaired) electrons. The number of oxazole rings is 1. The minimum Gasteiger partial charge on any atom is -0.408 e. The standard InChI is InChI=1S/C10H6BrNO2/c11-6-2-4-7-3-1-5-8-9(7)12-10(13)14-8/h1,3,5H,4H2,(H,12,13). The summed E-state index contributed by atoms with van der Waals surface area (Å²) < 4.78 is 4.92. The van der Waals surface area contributed by atoms with Gasteiger partial charge in [-0.2, -0.15) is 0 Å². The summed E-state index contributed by atoms with van der Waals surface area (Å²) in [5, 5.41) is 0. The Balaban J connectivity index is 2.62. The van der Waals surface area contributed by atoms with E-state index < -0.39 is 5.76 Å². The second-order valence-electron chi connectivity index (χ2n) is 2.75. The first-order valence-corrected chi connectivity index (χ1v) is 4.80. The van der Waals surface area contributed by atoms with Gasteiger partial charge < -0.3 is 4.42 Å². The molecule has 4 heteroatoms. The number of benzene rings is 1. The number of rotatable bonds is 1. The number of para-hydroxylation sites is 1. The van der Waals surface area contributed by atoms with Crippen LogP contribution in [0.25, 0.3) is 11.1 Å². The lowest BCUT2D eigenvalue weighted by atomic mass is 10.1. The van der Waals surface area contributed by atoms with Crippen molar-refractivity contribution < 1.29 is 4.42 Å². The average Bonchev–Trinajstić information content (AvgIpc) is 2.55. The maximum Gasteiger partial charge on any atom is 0.417 e. The van der Waals surface area contributed by atoms with Crippen LogP contribution < -0.4 is 5.76 Å². The number of H-pyrrole nitrogens is 1. The quantitative estimate of drug-likeness (QED) is 0.789. The lowest BCUT2D eigenvalue weighted by Crippen LogP contribution is -1.94. The van der Waals surface area contributed by atoms with Gasteiger partial charge in [0.25, 0.3) is 0 Å². The predicted octanol–water partition coefficient (Wildman–Crippen LogP) is 2.02. The van der Waals surface area contributed by atoms with Gasteiger partial charge >= 0.3 is 5.76 Å². The summed E-state index contributed by atoms with van der Waals surface area (Å²) in [5.41, 5.74) is 2.26. The second-order valence-corrected chi connectivity index (χ2v) is 3.15. The van der Waals surface area contributed by atoms with Crippen molar-refractivity contribution in [3.05, 3.63) is 34.3 Å². The molecule has 0 unspecified atom stereocenters. The van der Waals surface area contributed by atoms with Gasteiger partial charge in [-0.25, -0.2) is 4.79 Å². The molecular formula is C10H6BrNO2. The Morgan fingerprint density at radius 2 is 2.36 bits per heavy atom. The highest BCUT2D eigenvalue weighted by atomic mass is 79.9. The molecule has 1 aromatic carbocycles. The van der Waals surface area contributed by atoms with Crippen LogP contribution >= 0.6 is 15.9 Å². The number of nitrogens with one attached hydrogen (secondary N) is 1. The van der Waals surface area contributed by atoms with Crippen LogP contribution in [-0.4, -0.2) is 4.98 Å². The summed E-state index contributed by atoms with van der Waals surface area (Å²) in [4.78, 5) is 16.2. The van der Waals surface area contributed by atoms with Gasteiger partial charge in [0, 0.05) is 22.4 Å². The molecule has 2 aromatic rings. The fourth-order valence-electron chi connectivity index (χ4n) is 1.31. The fourth-order valence-corrected chi connectivity index (χ4v) is 1.45. The molecule has 14 heavy (non-hydrogen) atoms. The lowest BCUT2D eigenvalue weighted by molar-refractivity contribution is 0.555. The van der Waals surface area contributed by atoms with Gasteiger partial charge in [0.1, 0.15) is 0 Å². The van der Waals surface area contributed by atoms with Crippen molar-refractivity contribution in [2.45, 2.75) is 6.42 Å². The number of hydrogen-bond donors (Lipinski definition) is 1. The van der Waals surface area contributed by atoms with E-state index in [0.29, 0.717) is 12.0 Å². The third kappa shape index (κ3) is 1.59. The number of fused-ring (bicyclic) bond motifs is 1. The van der Waals surface area contributed by atoms with Gasteiger partial charge in [-0.15, -0.1) is 0 Å². The van der Waals surface area contributed by atoms with E-state index in [9.17, 15) is 4.79 Å². The Labute approximate surface area is 88.3 Å². The summed E-state index contributed by atoms with van der Waals surface area (Å²) in [6.07, 6.45) is 0.581. The normalized spacial score (nSPS) is 9.79. The van der Waals surface area contributed by atoms with Crippen LogP contribution in [0.2, 0.25) is 0 Å². The van der Waals surface area contributed by atoms with E-state index in [1.165, 1.54) is 0 Å². The Kier molecular flexibility index (Phi) is 2.42. The van der Waals surface area contributed by atoms with Crippen molar-refractivity contribution in [2.75, 3.05) is 0 Å². The van der Waals surface area contributed by atoms with Gasteiger partial charge in [0.2, 0.25) is 0 Å². The van der Waals surface area contributed by atoms with Crippen LogP contribution in [-0.2, 0) is 6.42 Å². The van der Waals surface area contributed by atoms with E-state index >= 15 is 0 Å². The molecule has 1 N–H and O–H groups in total. The zero-order chi connectivity index (χ0) is 9.97. The molecule has 0 aliphatic carbocycles. The zero-order valence-electron chi connectivity index (χ0n) is 7.13. The number of halogens is 1. The molecule has 0 amide bonds. The van der Waals surface area contributed by atoms with Crippen molar-refractivity contribution in [3.63, 3.8) is 0 Å². The molecule has 2 rings (SSSR count). The predicted molar refractivity (Wildman–Crippen MR) is 57.2 cm³/mol. The Hall–Kier alpha value is -1.47. The molecule has 0 spiro atoms. The Morgan fingerprint density at radius 3 is 3.14 bits per heavy atom. The number of aromatic amines is 1. The van der Waals surface area contributed by atoms with E-state index in [-0.39, 0.29) is 0 Å². The molecule has 70 valence electrons. The van der Waals surface area contributed by atoms with Crippen LogP contribution in [0.1, 0.15) is 5.56 Å². The number of aromatic nitrogens is 1. The molecule has 0 atom stereocenters. The molecule has 0 saturated heterocycles. The first-order chi connectivity index (χ1) is 6.81. The smallest absolute Gasteiger partial charge is 0.408 e. The van der Waals surface area contributed by atoms with E-state index in [4.69, 9.17) is 4.42 Å². The summed E-state index contributed by atoms with van der Waals surface area (Å²) in [7, 11) is 0. The fraction of sp³-hybridized carbons (Fsp3) is 0.100. The van der Waals surface area contributed by atoms with Crippen molar-refractivity contribution in [2.24, 2.45) is 0 Å². The zero-order valence-corrected chi connectivity index (χ0v) is 8.72. The van der Waals surface area contributed by atoms with Gasteiger partial charge in [-0.05, 0) is 16.5 Å². The van der Waals surface area contributed by atoms with Gasteiger partial charge in [0.15, 0.2) is 5.58 Å². The lowest BCUT2D eigenvalue weighted by Gasteiger charge is -1.94. The Bertz CT molecular complexity index is 571. The summed E-state index contributed by atoms with van der Waals surface area (Å²) in [6.45, 7) is 0. The first-order valence-electron chi connectivity index (χ1n) is 4.00. The van der Waals surface area contributed by atoms with Gasteiger partial charge in [-0.3, -0.25) is 4.98 Å². The monoisotopic (exact) mass is 251 g/mol. The van der Waals surface area contributed by atoms with E-state index in [2.05, 4.69) is 31.7 Å². The molecule has 0 aliphatic rings. The summed E-state index contributed by atoms with van der Waals surface area (Å²) >= 11 is 3.02. The van der Waals surface area contributed by atoms with Crippen molar-refractivity contribution >= 4 is 27.0 Å². The third-order valence-electron chi connectivity index (χ3n) is 1.89. The van der Waals surface area contributed by atoms with Crippen LogP contribution in [0.5, 0.6) is 0 Å². The average molecular weight is 252 g/mol. The highest BCUT2D eigenvalue weighted by Gasteiger charge is 2.04. The minimum atomic E-state index is -0.431. The summed E-state index contributed by atoms with van der Waals surface area (Å²) in [6, 6.07) is 5.49. The van der Waals surface area contributed by atoms with Gasteiger partial charge in [0.05, 0.1) is 5.52 Å². The van der Waals surface area contributed by atoms with Crippen LogP contribution in [0, 0.1) is 10.8 Å². The molecule has 0 bridgehead atoms. The van der Waals surface area contributed by atoms with Crippen molar-refractivity contribution in [1.29, 1.82) is 0 Å². The largest absolute Gasteiger partial charge is 0.417 e. The molecule has 0 saturated carbocycles. The molecule has 0 fully saturated rings. The molecule has 1 heterocycles. The Morgan fingerprint density at radius 1 is 1.50 bits per heavy atom. The highest BCUT2D eigenvalue weighted by molar-refractivity contribution is 9.12. The molecular weight excluding hydrogens is 246 g/mol. The van der Waals surface area contributed by atoms with Crippen LogP contribution in [0.15, 0.2) is 27.4 Å². The minimum absolute atomic E-state index is 0.431. The van der Waals surface area contributed by atoms with E-state index in [0.717, 1.165) is 11.1 Å². The second kappa shape index (κ2) is 3.72. The molecule has 0 aliphatic heterocycles. The van der Waals surface area contributed by atoms with Crippen molar-refractivity contribution in [1.82, 2.24) is 4.98 Å². The molecule has 3 nitrogen and oxygen atoms in total.